The molecule has 2 rings (SSSR count). The standard InChI is InChI=1S/C12H20N4O/c1-8-6-16(5-4-11(8)13)12(17)10-7-15(3)14-9(10)2/h7-8,11H,4-6,13H2,1-3H3. The smallest absolute Gasteiger partial charge is 0.257 e. The summed E-state index contributed by atoms with van der Waals surface area (Å²) in [7, 11) is 1.83. The van der Waals surface area contributed by atoms with E-state index in [1.165, 1.54) is 0 Å². The third-order valence-corrected chi connectivity index (χ3v) is 3.50. The molecule has 17 heavy (non-hydrogen) atoms. The van der Waals surface area contributed by atoms with Gasteiger partial charge in [-0.3, -0.25) is 9.48 Å². The van der Waals surface area contributed by atoms with Crippen LogP contribution in [0.25, 0.3) is 0 Å². The average Bonchev–Trinajstić information content (AvgIpc) is 2.61. The summed E-state index contributed by atoms with van der Waals surface area (Å²) in [6.07, 6.45) is 2.67. The number of likely N-dealkylation sites (tertiary alicyclic amines) is 1. The van der Waals surface area contributed by atoms with Crippen LogP contribution < -0.4 is 5.73 Å². The molecule has 1 aromatic rings. The van der Waals surface area contributed by atoms with E-state index in [4.69, 9.17) is 5.73 Å². The number of aryl methyl sites for hydroxylation is 2. The van der Waals surface area contributed by atoms with Gasteiger partial charge in [-0.2, -0.15) is 5.10 Å². The molecule has 0 spiro atoms. The molecule has 0 aliphatic carbocycles. The van der Waals surface area contributed by atoms with E-state index in [0.717, 1.165) is 25.2 Å². The third-order valence-electron chi connectivity index (χ3n) is 3.50. The largest absolute Gasteiger partial charge is 0.338 e. The van der Waals surface area contributed by atoms with Gasteiger partial charge in [0.1, 0.15) is 0 Å². The topological polar surface area (TPSA) is 64.2 Å². The Balaban J connectivity index is 2.13. The van der Waals surface area contributed by atoms with Crippen molar-refractivity contribution in [2.24, 2.45) is 18.7 Å². The van der Waals surface area contributed by atoms with E-state index >= 15 is 0 Å². The number of nitrogens with two attached hydrogens (primary N) is 1. The van der Waals surface area contributed by atoms with Crippen molar-refractivity contribution in [1.82, 2.24) is 14.7 Å². The van der Waals surface area contributed by atoms with Crippen LogP contribution in [0.4, 0.5) is 0 Å². The summed E-state index contributed by atoms with van der Waals surface area (Å²) in [5.74, 6) is 0.444. The van der Waals surface area contributed by atoms with Gasteiger partial charge in [0, 0.05) is 32.4 Å². The van der Waals surface area contributed by atoms with E-state index in [9.17, 15) is 4.79 Å². The van der Waals surface area contributed by atoms with E-state index in [-0.39, 0.29) is 11.9 Å². The summed E-state index contributed by atoms with van der Waals surface area (Å²) in [6.45, 7) is 5.46. The van der Waals surface area contributed by atoms with Crippen LogP contribution in [0.15, 0.2) is 6.20 Å². The lowest BCUT2D eigenvalue weighted by Crippen LogP contribution is -2.48. The van der Waals surface area contributed by atoms with Crippen molar-refractivity contribution in [1.29, 1.82) is 0 Å². The zero-order valence-corrected chi connectivity index (χ0v) is 10.7. The molecule has 2 unspecified atom stereocenters. The Hall–Kier alpha value is -1.36. The maximum absolute atomic E-state index is 12.3. The highest BCUT2D eigenvalue weighted by molar-refractivity contribution is 5.95. The molecule has 2 atom stereocenters. The highest BCUT2D eigenvalue weighted by atomic mass is 16.2. The first kappa shape index (κ1) is 12.1. The fourth-order valence-corrected chi connectivity index (χ4v) is 2.33. The van der Waals surface area contributed by atoms with E-state index in [1.807, 2.05) is 18.9 Å². The molecule has 1 saturated heterocycles. The number of carbonyl (C=O) groups is 1. The van der Waals surface area contributed by atoms with Gasteiger partial charge in [0.2, 0.25) is 0 Å². The number of piperidine rings is 1. The van der Waals surface area contributed by atoms with E-state index < -0.39 is 0 Å². The molecule has 2 N–H and O–H groups in total. The minimum Gasteiger partial charge on any atom is -0.338 e. The number of rotatable bonds is 1. The van der Waals surface area contributed by atoms with Gasteiger partial charge >= 0.3 is 0 Å². The minimum atomic E-state index is 0.0781. The van der Waals surface area contributed by atoms with E-state index in [1.54, 1.807) is 10.9 Å². The first-order valence-electron chi connectivity index (χ1n) is 6.04. The Morgan fingerprint density at radius 1 is 1.59 bits per heavy atom. The van der Waals surface area contributed by atoms with E-state index in [0.29, 0.717) is 11.5 Å². The van der Waals surface area contributed by atoms with Crippen LogP contribution in [0.1, 0.15) is 29.4 Å². The summed E-state index contributed by atoms with van der Waals surface area (Å²) in [4.78, 5) is 14.2. The van der Waals surface area contributed by atoms with Gasteiger partial charge in [0.25, 0.3) is 5.91 Å². The van der Waals surface area contributed by atoms with Gasteiger partial charge in [-0.05, 0) is 19.3 Å². The maximum atomic E-state index is 12.3. The first-order valence-corrected chi connectivity index (χ1v) is 6.04. The van der Waals surface area contributed by atoms with Gasteiger partial charge in [-0.15, -0.1) is 0 Å². The molecule has 5 heteroatoms. The van der Waals surface area contributed by atoms with Crippen LogP contribution in [-0.2, 0) is 7.05 Å². The van der Waals surface area contributed by atoms with Crippen molar-refractivity contribution in [2.45, 2.75) is 26.3 Å². The summed E-state index contributed by atoms with van der Waals surface area (Å²) in [5.41, 5.74) is 7.45. The molecule has 1 amide bonds. The molecule has 1 fully saturated rings. The Kier molecular flexibility index (Phi) is 3.19. The molecule has 1 aliphatic rings. The number of amides is 1. The summed E-state index contributed by atoms with van der Waals surface area (Å²) >= 11 is 0. The zero-order valence-electron chi connectivity index (χ0n) is 10.7. The number of aromatic nitrogens is 2. The molecule has 0 radical (unpaired) electrons. The monoisotopic (exact) mass is 236 g/mol. The lowest BCUT2D eigenvalue weighted by Gasteiger charge is -2.35. The van der Waals surface area contributed by atoms with Gasteiger partial charge in [0.15, 0.2) is 0 Å². The van der Waals surface area contributed by atoms with Crippen molar-refractivity contribution in [3.8, 4) is 0 Å². The lowest BCUT2D eigenvalue weighted by molar-refractivity contribution is 0.0663. The molecule has 5 nitrogen and oxygen atoms in total. The molecule has 1 aliphatic heterocycles. The van der Waals surface area contributed by atoms with Gasteiger partial charge < -0.3 is 10.6 Å². The van der Waals surface area contributed by atoms with Crippen molar-refractivity contribution in [3.63, 3.8) is 0 Å². The average molecular weight is 236 g/mol. The Labute approximate surface area is 102 Å². The summed E-state index contributed by atoms with van der Waals surface area (Å²) < 4.78 is 1.68. The molecule has 1 aromatic heterocycles. The SMILES string of the molecule is Cc1nn(C)cc1C(=O)N1CCC(N)C(C)C1. The Morgan fingerprint density at radius 2 is 2.29 bits per heavy atom. The highest BCUT2D eigenvalue weighted by Gasteiger charge is 2.28. The van der Waals surface area contributed by atoms with Crippen LogP contribution in [0.3, 0.4) is 0 Å². The quantitative estimate of drug-likeness (QED) is 0.774. The fraction of sp³-hybridized carbons (Fsp3) is 0.667. The zero-order chi connectivity index (χ0) is 12.6. The van der Waals surface area contributed by atoms with Crippen LogP contribution in [-0.4, -0.2) is 39.7 Å². The predicted molar refractivity (Wildman–Crippen MR) is 65.6 cm³/mol. The Bertz CT molecular complexity index is 426. The predicted octanol–water partition coefficient (Wildman–Crippen LogP) is 0.538. The lowest BCUT2D eigenvalue weighted by atomic mass is 9.94. The maximum Gasteiger partial charge on any atom is 0.257 e. The van der Waals surface area contributed by atoms with Crippen LogP contribution in [0.2, 0.25) is 0 Å². The Morgan fingerprint density at radius 3 is 2.82 bits per heavy atom. The second-order valence-corrected chi connectivity index (χ2v) is 4.98. The van der Waals surface area contributed by atoms with Crippen LogP contribution >= 0.6 is 0 Å². The third kappa shape index (κ3) is 2.34. The number of carbonyl (C=O) groups excluding carboxylic acids is 1. The molecule has 0 bridgehead atoms. The van der Waals surface area contributed by atoms with Gasteiger partial charge in [-0.25, -0.2) is 0 Å². The van der Waals surface area contributed by atoms with Crippen molar-refractivity contribution >= 4 is 5.91 Å². The second-order valence-electron chi connectivity index (χ2n) is 4.98. The number of hydrogen-bond acceptors (Lipinski definition) is 3. The minimum absolute atomic E-state index is 0.0781. The van der Waals surface area contributed by atoms with E-state index in [2.05, 4.69) is 12.0 Å². The second kappa shape index (κ2) is 4.49. The molecular formula is C12H20N4O. The molecular weight excluding hydrogens is 216 g/mol. The first-order chi connectivity index (χ1) is 7.99. The number of nitrogens with zero attached hydrogens (tertiary/aromatic N) is 3. The summed E-state index contributed by atoms with van der Waals surface area (Å²) in [5, 5.41) is 4.21. The normalized spacial score (nSPS) is 25.1. The van der Waals surface area contributed by atoms with Gasteiger partial charge in [-0.1, -0.05) is 6.92 Å². The van der Waals surface area contributed by atoms with Crippen molar-refractivity contribution < 1.29 is 4.79 Å². The molecule has 0 saturated carbocycles. The molecule has 0 aromatic carbocycles. The van der Waals surface area contributed by atoms with Gasteiger partial charge in [0.05, 0.1) is 11.3 Å². The molecule has 2 heterocycles. The molecule has 94 valence electrons. The van der Waals surface area contributed by atoms with Crippen molar-refractivity contribution in [3.05, 3.63) is 17.5 Å². The number of hydrogen-bond donors (Lipinski definition) is 1. The van der Waals surface area contributed by atoms with Crippen LogP contribution in [0.5, 0.6) is 0 Å². The fourth-order valence-electron chi connectivity index (χ4n) is 2.33. The highest BCUT2D eigenvalue weighted by Crippen LogP contribution is 2.18. The summed E-state index contributed by atoms with van der Waals surface area (Å²) in [6, 6.07) is 0.217. The van der Waals surface area contributed by atoms with Crippen LogP contribution in [0, 0.1) is 12.8 Å². The van der Waals surface area contributed by atoms with Crippen molar-refractivity contribution in [2.75, 3.05) is 13.1 Å².